The minimum Gasteiger partial charge on any atom is -0.481 e. The van der Waals surface area contributed by atoms with E-state index in [0.717, 1.165) is 0 Å². The maximum absolute atomic E-state index is 12.5. The zero-order chi connectivity index (χ0) is 13.9. The van der Waals surface area contributed by atoms with Gasteiger partial charge in [0.15, 0.2) is 0 Å². The summed E-state index contributed by atoms with van der Waals surface area (Å²) in [6, 6.07) is -1.49. The molecule has 1 saturated carbocycles. The molecule has 1 rings (SSSR count). The Morgan fingerprint density at radius 2 is 2.11 bits per heavy atom. The van der Waals surface area contributed by atoms with E-state index in [1.807, 2.05) is 5.32 Å². The molecular weight excluding hydrogens is 255 g/mol. The Morgan fingerprint density at radius 1 is 1.50 bits per heavy atom. The molecule has 2 N–H and O–H groups in total. The quantitative estimate of drug-likeness (QED) is 0.758. The summed E-state index contributed by atoms with van der Waals surface area (Å²) in [6.45, 7) is 3.10. The third-order valence-corrected chi connectivity index (χ3v) is 2.73. The minimum atomic E-state index is -4.54. The number of halogens is 3. The normalized spacial score (nSPS) is 26.9. The average molecular weight is 267 g/mol. The molecule has 0 aromatic rings. The molecule has 3 atom stereocenters. The number of nitrogens with one attached hydrogen (secondary N) is 1. The summed E-state index contributed by atoms with van der Waals surface area (Å²) in [4.78, 5) is 21.8. The van der Waals surface area contributed by atoms with Gasteiger partial charge in [-0.05, 0) is 6.42 Å². The van der Waals surface area contributed by atoms with Crippen LogP contribution in [0.3, 0.4) is 0 Å². The molecule has 1 aliphatic rings. The Kier molecular flexibility index (Phi) is 4.20. The predicted octanol–water partition coefficient (Wildman–Crippen LogP) is 1.55. The highest BCUT2D eigenvalue weighted by Crippen LogP contribution is 2.45. The number of hydrogen-bond donors (Lipinski definition) is 2. The number of rotatable bonds is 4. The van der Waals surface area contributed by atoms with Crippen molar-refractivity contribution in [2.24, 2.45) is 11.8 Å². The van der Waals surface area contributed by atoms with Gasteiger partial charge in [-0.1, -0.05) is 12.7 Å². The molecule has 0 unspecified atom stereocenters. The molecule has 0 bridgehead atoms. The fourth-order valence-corrected chi connectivity index (χ4v) is 1.76. The fourth-order valence-electron chi connectivity index (χ4n) is 1.76. The number of carbonyl (C=O) groups is 2. The van der Waals surface area contributed by atoms with Crippen LogP contribution in [0.4, 0.5) is 18.0 Å². The molecule has 1 aliphatic carbocycles. The molecule has 8 heteroatoms. The maximum atomic E-state index is 12.5. The molecule has 0 aromatic carbocycles. The number of aliphatic carboxylic acids is 1. The largest absolute Gasteiger partial charge is 0.481 e. The number of carboxylic acid groups (broad SMARTS) is 1. The van der Waals surface area contributed by atoms with Gasteiger partial charge in [0.1, 0.15) is 6.61 Å². The summed E-state index contributed by atoms with van der Waals surface area (Å²) < 4.78 is 41.9. The van der Waals surface area contributed by atoms with Crippen LogP contribution in [-0.2, 0) is 9.53 Å². The first-order valence-corrected chi connectivity index (χ1v) is 5.11. The van der Waals surface area contributed by atoms with Crippen molar-refractivity contribution in [2.75, 3.05) is 6.61 Å². The molecule has 0 aliphatic heterocycles. The van der Waals surface area contributed by atoms with Crippen molar-refractivity contribution >= 4 is 12.1 Å². The van der Waals surface area contributed by atoms with E-state index < -0.39 is 42.5 Å². The summed E-state index contributed by atoms with van der Waals surface area (Å²) in [5.74, 6) is -4.47. The number of carbonyl (C=O) groups excluding carboxylic acids is 1. The first-order valence-electron chi connectivity index (χ1n) is 5.11. The molecule has 1 fully saturated rings. The number of alkyl halides is 3. The molecule has 5 nitrogen and oxygen atoms in total. The predicted molar refractivity (Wildman–Crippen MR) is 53.8 cm³/mol. The van der Waals surface area contributed by atoms with Crippen LogP contribution >= 0.6 is 0 Å². The summed E-state index contributed by atoms with van der Waals surface area (Å²) >= 11 is 0. The zero-order valence-electron chi connectivity index (χ0n) is 9.24. The Labute approximate surface area is 101 Å². The molecule has 0 heterocycles. The van der Waals surface area contributed by atoms with Crippen LogP contribution in [0, 0.1) is 11.8 Å². The molecule has 18 heavy (non-hydrogen) atoms. The lowest BCUT2D eigenvalue weighted by molar-refractivity contribution is -0.217. The van der Waals surface area contributed by atoms with Crippen LogP contribution in [-0.4, -0.2) is 36.0 Å². The topological polar surface area (TPSA) is 75.6 Å². The van der Waals surface area contributed by atoms with Crippen molar-refractivity contribution in [2.45, 2.75) is 18.6 Å². The number of amides is 1. The lowest BCUT2D eigenvalue weighted by Gasteiger charge is -2.42. The molecule has 0 aromatic heterocycles. The van der Waals surface area contributed by atoms with E-state index in [2.05, 4.69) is 11.3 Å². The Hall–Kier alpha value is -1.73. The average Bonchev–Trinajstić information content (AvgIpc) is 2.18. The number of carboxylic acids is 1. The highest BCUT2D eigenvalue weighted by molar-refractivity contribution is 5.75. The molecule has 0 saturated heterocycles. The highest BCUT2D eigenvalue weighted by Gasteiger charge is 2.58. The van der Waals surface area contributed by atoms with Crippen molar-refractivity contribution < 1.29 is 32.6 Å². The summed E-state index contributed by atoms with van der Waals surface area (Å²) in [5, 5.41) is 10.6. The summed E-state index contributed by atoms with van der Waals surface area (Å²) in [7, 11) is 0. The van der Waals surface area contributed by atoms with E-state index in [-0.39, 0.29) is 6.61 Å². The monoisotopic (exact) mass is 267 g/mol. The number of hydrogen-bond acceptors (Lipinski definition) is 3. The second-order valence-corrected chi connectivity index (χ2v) is 3.89. The van der Waals surface area contributed by atoms with Crippen LogP contribution in [0.2, 0.25) is 0 Å². The zero-order valence-corrected chi connectivity index (χ0v) is 9.24. The van der Waals surface area contributed by atoms with Gasteiger partial charge >= 0.3 is 18.2 Å². The Morgan fingerprint density at radius 3 is 2.56 bits per heavy atom. The van der Waals surface area contributed by atoms with Crippen molar-refractivity contribution in [1.82, 2.24) is 5.32 Å². The Bertz CT molecular complexity index is 356. The van der Waals surface area contributed by atoms with Crippen molar-refractivity contribution in [3.05, 3.63) is 12.7 Å². The molecule has 1 amide bonds. The smallest absolute Gasteiger partial charge is 0.407 e. The van der Waals surface area contributed by atoms with E-state index in [0.29, 0.717) is 0 Å². The van der Waals surface area contributed by atoms with E-state index >= 15 is 0 Å². The third-order valence-electron chi connectivity index (χ3n) is 2.73. The van der Waals surface area contributed by atoms with Gasteiger partial charge in [0.25, 0.3) is 0 Å². The van der Waals surface area contributed by atoms with Gasteiger partial charge in [0.05, 0.1) is 17.9 Å². The van der Waals surface area contributed by atoms with Gasteiger partial charge in [-0.25, -0.2) is 4.79 Å². The van der Waals surface area contributed by atoms with Crippen LogP contribution in [0.25, 0.3) is 0 Å². The maximum Gasteiger partial charge on any atom is 0.407 e. The van der Waals surface area contributed by atoms with E-state index in [4.69, 9.17) is 5.11 Å². The van der Waals surface area contributed by atoms with Crippen molar-refractivity contribution in [3.63, 3.8) is 0 Å². The van der Waals surface area contributed by atoms with Crippen molar-refractivity contribution in [1.29, 1.82) is 0 Å². The van der Waals surface area contributed by atoms with Crippen molar-refractivity contribution in [3.8, 4) is 0 Å². The van der Waals surface area contributed by atoms with Gasteiger partial charge in [-0.15, -0.1) is 0 Å². The molecule has 102 valence electrons. The standard InChI is InChI=1S/C10H12F3NO4/c1-2-3-18-9(17)14-7-5(8(15)16)4-6(7)10(11,12)13/h2,5-7H,1,3-4H2,(H,14,17)(H,15,16)/t5-,6+,7+/m1/s1. The summed E-state index contributed by atoms with van der Waals surface area (Å²) in [6.07, 6.45) is -4.91. The SMILES string of the molecule is C=CCOC(=O)N[C@H]1[C@H](C(=O)O)C[C@@H]1C(F)(F)F. The van der Waals surface area contributed by atoms with Gasteiger partial charge in [0, 0.05) is 0 Å². The minimum absolute atomic E-state index is 0.160. The second kappa shape index (κ2) is 5.28. The third kappa shape index (κ3) is 3.14. The Balaban J connectivity index is 2.64. The van der Waals surface area contributed by atoms with Crippen LogP contribution in [0.15, 0.2) is 12.7 Å². The van der Waals surface area contributed by atoms with Crippen LogP contribution in [0.1, 0.15) is 6.42 Å². The van der Waals surface area contributed by atoms with Gasteiger partial charge < -0.3 is 15.2 Å². The van der Waals surface area contributed by atoms with Crippen LogP contribution < -0.4 is 5.32 Å². The van der Waals surface area contributed by atoms with Gasteiger partial charge in [0.2, 0.25) is 0 Å². The lowest BCUT2D eigenvalue weighted by atomic mass is 9.69. The first kappa shape index (κ1) is 14.3. The van der Waals surface area contributed by atoms with Crippen LogP contribution in [0.5, 0.6) is 0 Å². The fraction of sp³-hybridized carbons (Fsp3) is 0.600. The number of ether oxygens (including phenoxy) is 1. The lowest BCUT2D eigenvalue weighted by Crippen LogP contribution is -2.60. The second-order valence-electron chi connectivity index (χ2n) is 3.89. The van der Waals surface area contributed by atoms with E-state index in [1.165, 1.54) is 6.08 Å². The van der Waals surface area contributed by atoms with Gasteiger partial charge in [-0.2, -0.15) is 13.2 Å². The first-order chi connectivity index (χ1) is 8.27. The summed E-state index contributed by atoms with van der Waals surface area (Å²) in [5.41, 5.74) is 0. The number of alkyl carbamates (subject to hydrolysis) is 1. The van der Waals surface area contributed by atoms with E-state index in [9.17, 15) is 22.8 Å². The molecule has 0 spiro atoms. The van der Waals surface area contributed by atoms with E-state index in [1.54, 1.807) is 0 Å². The highest BCUT2D eigenvalue weighted by atomic mass is 19.4. The molecular formula is C10H12F3NO4. The van der Waals surface area contributed by atoms with Gasteiger partial charge in [-0.3, -0.25) is 4.79 Å². The molecule has 0 radical (unpaired) electrons.